The first-order valence-electron chi connectivity index (χ1n) is 12.1. The summed E-state index contributed by atoms with van der Waals surface area (Å²) in [5.41, 5.74) is 7.44. The first-order chi connectivity index (χ1) is 16.6. The number of hydrogen-bond donors (Lipinski definition) is 1. The number of nitrogens with zero attached hydrogens (tertiary/aromatic N) is 2. The fraction of sp³-hybridized carbons (Fsp3) is 0.481. The number of fused-ring (bicyclic) bond motifs is 2. The summed E-state index contributed by atoms with van der Waals surface area (Å²) in [4.78, 5) is 30.2. The zero-order valence-electron chi connectivity index (χ0n) is 20.3. The molecule has 2 aromatic carbocycles. The van der Waals surface area contributed by atoms with Crippen LogP contribution in [0, 0.1) is 0 Å². The van der Waals surface area contributed by atoms with Crippen LogP contribution >= 0.6 is 15.9 Å². The van der Waals surface area contributed by atoms with E-state index in [-0.39, 0.29) is 41.6 Å². The maximum atomic E-state index is 13.5. The lowest BCUT2D eigenvalue weighted by molar-refractivity contribution is -0.150. The number of amides is 1. The summed E-state index contributed by atoms with van der Waals surface area (Å²) >= 11 is 3.54. The monoisotopic (exact) mass is 541 g/mol. The molecule has 0 aromatic heterocycles. The number of Topliss-reactive ketones (excluding diaryl/α,β-unsaturated/α-hetero) is 1. The second-order valence-corrected chi connectivity index (χ2v) is 11.3. The molecule has 0 spiro atoms. The molecule has 2 aromatic rings. The summed E-state index contributed by atoms with van der Waals surface area (Å²) in [5, 5.41) is 0. The number of hydrogen-bond acceptors (Lipinski definition) is 6. The molecule has 3 aliphatic rings. The zero-order valence-corrected chi connectivity index (χ0v) is 21.9. The summed E-state index contributed by atoms with van der Waals surface area (Å²) in [6.07, 6.45) is 0.207. The Morgan fingerprint density at radius 3 is 2.29 bits per heavy atom. The number of carbonyl (C=O) groups excluding carboxylic acids is 2. The Kier molecular flexibility index (Phi) is 6.61. The SMILES string of the molecule is CN1C[C@H]2OC(C)(C)O[C@H]2CN2[C@H](CC(=O)c3ccccc3C(N)=O)[C@H](c3ccc(Br)cc3)[C@@H]2C1. The standard InChI is InChI=1S/C27H32BrN3O4/c1-27(2)34-23-14-30(3)13-21-25(16-8-10-17(28)11-9-16)20(31(21)15-24(23)35-27)12-22(32)18-6-4-5-7-19(18)26(29)33/h4-11,20-21,23-25H,12-15H2,1-3H3,(H2,29,33)/t20-,21+,23-,24+,25+/m1/s1. The molecule has 0 radical (unpaired) electrons. The van der Waals surface area contributed by atoms with Gasteiger partial charge in [-0.15, -0.1) is 0 Å². The number of nitrogens with two attached hydrogens (primary N) is 1. The molecule has 2 N–H and O–H groups in total. The highest BCUT2D eigenvalue weighted by Crippen LogP contribution is 2.45. The first-order valence-corrected chi connectivity index (χ1v) is 12.9. The van der Waals surface area contributed by atoms with Crippen LogP contribution in [0.1, 0.15) is 52.5 Å². The summed E-state index contributed by atoms with van der Waals surface area (Å²) in [6.45, 7) is 6.29. The third-order valence-electron chi connectivity index (χ3n) is 7.49. The molecule has 5 rings (SSSR count). The minimum Gasteiger partial charge on any atom is -0.366 e. The smallest absolute Gasteiger partial charge is 0.249 e. The van der Waals surface area contributed by atoms with Crippen molar-refractivity contribution >= 4 is 27.6 Å². The Balaban J connectivity index is 1.47. The van der Waals surface area contributed by atoms with Crippen LogP contribution in [0.2, 0.25) is 0 Å². The largest absolute Gasteiger partial charge is 0.366 e. The van der Waals surface area contributed by atoms with Crippen molar-refractivity contribution in [1.29, 1.82) is 0 Å². The van der Waals surface area contributed by atoms with E-state index in [2.05, 4.69) is 57.0 Å². The van der Waals surface area contributed by atoms with Gasteiger partial charge in [-0.3, -0.25) is 14.5 Å². The maximum Gasteiger partial charge on any atom is 0.249 e. The van der Waals surface area contributed by atoms with Crippen LogP contribution in [0.4, 0.5) is 0 Å². The van der Waals surface area contributed by atoms with Crippen LogP contribution in [0.15, 0.2) is 53.0 Å². The van der Waals surface area contributed by atoms with E-state index < -0.39 is 11.7 Å². The Morgan fingerprint density at radius 2 is 1.63 bits per heavy atom. The molecule has 0 bridgehead atoms. The Hall–Kier alpha value is -2.10. The van der Waals surface area contributed by atoms with Gasteiger partial charge in [-0.2, -0.15) is 0 Å². The average molecular weight is 542 g/mol. The minimum atomic E-state index is -0.627. The molecule has 0 unspecified atom stereocenters. The van der Waals surface area contributed by atoms with E-state index in [9.17, 15) is 9.59 Å². The van der Waals surface area contributed by atoms with E-state index in [1.54, 1.807) is 24.3 Å². The summed E-state index contributed by atoms with van der Waals surface area (Å²) < 4.78 is 13.5. The van der Waals surface area contributed by atoms with Gasteiger partial charge in [0.25, 0.3) is 0 Å². The third kappa shape index (κ3) is 4.82. The van der Waals surface area contributed by atoms with Gasteiger partial charge >= 0.3 is 0 Å². The van der Waals surface area contributed by atoms with Gasteiger partial charge in [0.2, 0.25) is 5.91 Å². The number of halogens is 1. The van der Waals surface area contributed by atoms with Crippen molar-refractivity contribution < 1.29 is 19.1 Å². The van der Waals surface area contributed by atoms with Crippen molar-refractivity contribution in [2.45, 2.75) is 56.3 Å². The van der Waals surface area contributed by atoms with Crippen LogP contribution in [-0.4, -0.2) is 78.3 Å². The van der Waals surface area contributed by atoms with Crippen LogP contribution in [0.5, 0.6) is 0 Å². The minimum absolute atomic E-state index is 0.0189. The lowest BCUT2D eigenvalue weighted by Gasteiger charge is -2.58. The number of likely N-dealkylation sites (N-methyl/N-ethyl adjacent to an activating group) is 1. The first kappa shape index (κ1) is 24.6. The summed E-state index contributed by atoms with van der Waals surface area (Å²) in [6, 6.07) is 15.4. The molecule has 0 aliphatic carbocycles. The lowest BCUT2D eigenvalue weighted by atomic mass is 9.71. The van der Waals surface area contributed by atoms with E-state index in [4.69, 9.17) is 15.2 Å². The number of ketones is 1. The van der Waals surface area contributed by atoms with Crippen molar-refractivity contribution in [2.24, 2.45) is 5.73 Å². The number of benzene rings is 2. The average Bonchev–Trinajstić information content (AvgIpc) is 3.09. The van der Waals surface area contributed by atoms with Crippen LogP contribution in [0.3, 0.4) is 0 Å². The molecule has 0 saturated carbocycles. The van der Waals surface area contributed by atoms with Gasteiger partial charge < -0.3 is 20.1 Å². The molecular formula is C27H32BrN3O4. The molecule has 186 valence electrons. The highest BCUT2D eigenvalue weighted by molar-refractivity contribution is 9.10. The Labute approximate surface area is 214 Å². The van der Waals surface area contributed by atoms with Crippen molar-refractivity contribution in [3.05, 3.63) is 69.7 Å². The number of rotatable bonds is 5. The normalized spacial score (nSPS) is 30.5. The fourth-order valence-corrected chi connectivity index (χ4v) is 6.31. The third-order valence-corrected chi connectivity index (χ3v) is 8.02. The quantitative estimate of drug-likeness (QED) is 0.583. The van der Waals surface area contributed by atoms with Crippen LogP contribution < -0.4 is 5.73 Å². The number of carbonyl (C=O) groups is 2. The van der Waals surface area contributed by atoms with E-state index in [0.717, 1.165) is 17.6 Å². The van der Waals surface area contributed by atoms with E-state index in [0.29, 0.717) is 18.5 Å². The predicted octanol–water partition coefficient (Wildman–Crippen LogP) is 3.42. The number of ether oxygens (including phenoxy) is 2. The van der Waals surface area contributed by atoms with Crippen LogP contribution in [-0.2, 0) is 9.47 Å². The predicted molar refractivity (Wildman–Crippen MR) is 136 cm³/mol. The summed E-state index contributed by atoms with van der Waals surface area (Å²) in [7, 11) is 2.12. The van der Waals surface area contributed by atoms with Crippen molar-refractivity contribution in [3.8, 4) is 0 Å². The topological polar surface area (TPSA) is 85.1 Å². The van der Waals surface area contributed by atoms with Crippen molar-refractivity contribution in [1.82, 2.24) is 9.80 Å². The second-order valence-electron chi connectivity index (χ2n) is 10.4. The van der Waals surface area contributed by atoms with Gasteiger partial charge in [0, 0.05) is 59.7 Å². The Bertz CT molecular complexity index is 1120. The van der Waals surface area contributed by atoms with E-state index in [1.807, 2.05) is 13.8 Å². The molecule has 1 amide bonds. The molecule has 3 fully saturated rings. The second kappa shape index (κ2) is 9.41. The molecule has 3 saturated heterocycles. The number of primary amides is 1. The maximum absolute atomic E-state index is 13.5. The molecule has 35 heavy (non-hydrogen) atoms. The molecule has 8 heteroatoms. The van der Waals surface area contributed by atoms with Crippen molar-refractivity contribution in [3.63, 3.8) is 0 Å². The van der Waals surface area contributed by atoms with Gasteiger partial charge in [-0.05, 0) is 44.7 Å². The van der Waals surface area contributed by atoms with Gasteiger partial charge in [-0.1, -0.05) is 46.3 Å². The zero-order chi connectivity index (χ0) is 24.9. The van der Waals surface area contributed by atoms with E-state index in [1.165, 1.54) is 5.56 Å². The molecule has 3 heterocycles. The van der Waals surface area contributed by atoms with Gasteiger partial charge in [0.05, 0.1) is 0 Å². The highest BCUT2D eigenvalue weighted by atomic mass is 79.9. The fourth-order valence-electron chi connectivity index (χ4n) is 6.04. The van der Waals surface area contributed by atoms with Crippen LogP contribution in [0.25, 0.3) is 0 Å². The summed E-state index contributed by atoms with van der Waals surface area (Å²) in [5.74, 6) is -1.10. The van der Waals surface area contributed by atoms with Crippen molar-refractivity contribution in [2.75, 3.05) is 26.7 Å². The lowest BCUT2D eigenvalue weighted by Crippen LogP contribution is -2.69. The van der Waals surface area contributed by atoms with Gasteiger partial charge in [-0.25, -0.2) is 0 Å². The van der Waals surface area contributed by atoms with Gasteiger partial charge in [0.1, 0.15) is 12.2 Å². The van der Waals surface area contributed by atoms with E-state index >= 15 is 0 Å². The molecule has 7 nitrogen and oxygen atoms in total. The molecule has 3 aliphatic heterocycles. The molecular weight excluding hydrogens is 510 g/mol. The molecule has 5 atom stereocenters. The van der Waals surface area contributed by atoms with Gasteiger partial charge in [0.15, 0.2) is 11.6 Å². The highest BCUT2D eigenvalue weighted by Gasteiger charge is 2.54. The Morgan fingerprint density at radius 1 is 1.00 bits per heavy atom.